The zero-order chi connectivity index (χ0) is 35.6. The summed E-state index contributed by atoms with van der Waals surface area (Å²) < 4.78 is 54.9. The molecule has 0 bridgehead atoms. The van der Waals surface area contributed by atoms with E-state index in [-0.39, 0.29) is 29.3 Å². The van der Waals surface area contributed by atoms with Crippen LogP contribution in [0, 0.1) is 11.6 Å². The highest BCUT2D eigenvalue weighted by atomic mass is 32.2. The minimum Gasteiger partial charge on any atom is -0.593 e. The summed E-state index contributed by atoms with van der Waals surface area (Å²) in [6, 6.07) is 13.6. The lowest BCUT2D eigenvalue weighted by atomic mass is 9.87. The fourth-order valence-corrected chi connectivity index (χ4v) is 6.50. The van der Waals surface area contributed by atoms with E-state index in [0.717, 1.165) is 5.56 Å². The van der Waals surface area contributed by atoms with E-state index in [1.165, 1.54) is 55.8 Å². The van der Waals surface area contributed by atoms with E-state index in [2.05, 4.69) is 10.6 Å². The monoisotopic (exact) mass is 694 g/mol. The van der Waals surface area contributed by atoms with E-state index in [1.807, 2.05) is 6.07 Å². The first-order valence-corrected chi connectivity index (χ1v) is 17.4. The molecule has 0 saturated carbocycles. The number of ether oxygens (including phenoxy) is 1. The molecule has 2 heterocycles. The molecule has 1 unspecified atom stereocenters. The van der Waals surface area contributed by atoms with Crippen LogP contribution in [-0.4, -0.2) is 66.4 Å². The number of carbonyl (C=O) groups is 3. The first-order valence-electron chi connectivity index (χ1n) is 15.9. The van der Waals surface area contributed by atoms with Gasteiger partial charge in [-0.15, -0.1) is 0 Å². The Morgan fingerprint density at radius 1 is 1.10 bits per heavy atom. The van der Waals surface area contributed by atoms with Crippen LogP contribution in [0.5, 0.6) is 0 Å². The Morgan fingerprint density at radius 3 is 2.43 bits per heavy atom. The van der Waals surface area contributed by atoms with Gasteiger partial charge in [-0.1, -0.05) is 18.2 Å². The summed E-state index contributed by atoms with van der Waals surface area (Å²) in [7, 11) is 3.18. The average Bonchev–Trinajstić information content (AvgIpc) is 3.44. The number of amides is 3. The van der Waals surface area contributed by atoms with Crippen molar-refractivity contribution in [1.82, 2.24) is 15.5 Å². The summed E-state index contributed by atoms with van der Waals surface area (Å²) in [6.45, 7) is 5.62. The molecule has 0 spiro atoms. The van der Waals surface area contributed by atoms with Gasteiger partial charge >= 0.3 is 6.09 Å². The predicted molar refractivity (Wildman–Crippen MR) is 185 cm³/mol. The lowest BCUT2D eigenvalue weighted by Crippen LogP contribution is -2.47. The molecule has 1 fully saturated rings. The molecule has 3 amide bonds. The van der Waals surface area contributed by atoms with Crippen molar-refractivity contribution in [2.45, 2.75) is 51.2 Å². The van der Waals surface area contributed by atoms with Crippen molar-refractivity contribution in [1.29, 1.82) is 0 Å². The van der Waals surface area contributed by atoms with Gasteiger partial charge in [0.1, 0.15) is 40.9 Å². The maximum absolute atomic E-state index is 15.1. The van der Waals surface area contributed by atoms with Gasteiger partial charge in [-0.05, 0) is 75.6 Å². The normalized spacial score (nSPS) is 16.2. The first-order chi connectivity index (χ1) is 23.2. The fourth-order valence-electron chi connectivity index (χ4n) is 6.06. The van der Waals surface area contributed by atoms with E-state index < -0.39 is 52.5 Å². The van der Waals surface area contributed by atoms with Crippen molar-refractivity contribution in [3.05, 3.63) is 89.0 Å². The van der Waals surface area contributed by atoms with Gasteiger partial charge in [0, 0.05) is 48.6 Å². The minimum atomic E-state index is -1.45. The molecule has 260 valence electrons. The van der Waals surface area contributed by atoms with Crippen LogP contribution in [0.4, 0.5) is 19.3 Å². The molecule has 0 radical (unpaired) electrons. The number of anilines is 1. The number of nitrogens with one attached hydrogen (secondary N) is 2. The molecular formula is C36H40F2N4O6S. The van der Waals surface area contributed by atoms with E-state index in [4.69, 9.17) is 9.15 Å². The maximum Gasteiger partial charge on any atom is 0.408 e. The van der Waals surface area contributed by atoms with Crippen molar-refractivity contribution in [2.75, 3.05) is 37.7 Å². The smallest absolute Gasteiger partial charge is 0.408 e. The molecule has 3 atom stereocenters. The highest BCUT2D eigenvalue weighted by Gasteiger charge is 2.36. The largest absolute Gasteiger partial charge is 0.593 e. The Morgan fingerprint density at radius 2 is 1.80 bits per heavy atom. The number of piperidine rings is 1. The summed E-state index contributed by atoms with van der Waals surface area (Å²) in [5.74, 6) is -2.06. The Labute approximate surface area is 287 Å². The van der Waals surface area contributed by atoms with E-state index in [0.29, 0.717) is 41.6 Å². The standard InChI is InChI=1S/C36H40F2N4O6S/c1-36(2,3)48-35(45)40-31(24-11-7-8-12-27(24)38)34(44)42-17-9-10-22(20-42)25-18-26-29(19-28(25)41(5)49(6)46)47-32(30(26)33(43)39-4)21-13-15-23(37)16-14-21/h7-8,11-16,18-19,22,31H,9-10,17,20H2,1-6H3,(H,39,43)(H,40,45)/t22-,31-,49?/m0/s1. The zero-order valence-corrected chi connectivity index (χ0v) is 29.1. The van der Waals surface area contributed by atoms with Gasteiger partial charge in [-0.3, -0.25) is 9.59 Å². The zero-order valence-electron chi connectivity index (χ0n) is 28.3. The van der Waals surface area contributed by atoms with Gasteiger partial charge in [-0.25, -0.2) is 13.6 Å². The number of nitrogens with zero attached hydrogens (tertiary/aromatic N) is 2. The molecule has 5 rings (SSSR count). The Hall–Kier alpha value is -4.62. The lowest BCUT2D eigenvalue weighted by Gasteiger charge is -2.36. The Bertz CT molecular complexity index is 1860. The summed E-state index contributed by atoms with van der Waals surface area (Å²) >= 11 is -1.45. The first kappa shape index (κ1) is 35.7. The molecule has 10 nitrogen and oxygen atoms in total. The number of likely N-dealkylation sites (tertiary alicyclic amines) is 1. The number of rotatable bonds is 8. The molecule has 3 aromatic carbocycles. The third-order valence-electron chi connectivity index (χ3n) is 8.42. The van der Waals surface area contributed by atoms with Gasteiger partial charge in [-0.2, -0.15) is 4.31 Å². The SMILES string of the molecule is CNC(=O)c1c(-c2ccc(F)cc2)oc2cc(N(C)[S+](C)[O-])c([C@H]3CCCN(C(=O)[C@@H](NC(=O)OC(C)(C)C)c4ccccc4F)C3)cc12. The lowest BCUT2D eigenvalue weighted by molar-refractivity contribution is -0.135. The van der Waals surface area contributed by atoms with E-state index in [9.17, 15) is 23.3 Å². The number of furan rings is 1. The number of benzene rings is 3. The quantitative estimate of drug-likeness (QED) is 0.203. The van der Waals surface area contributed by atoms with Crippen LogP contribution in [-0.2, 0) is 20.9 Å². The summed E-state index contributed by atoms with van der Waals surface area (Å²) in [5.41, 5.74) is 1.57. The van der Waals surface area contributed by atoms with Crippen LogP contribution in [0.25, 0.3) is 22.3 Å². The van der Waals surface area contributed by atoms with E-state index in [1.54, 1.807) is 49.2 Å². The van der Waals surface area contributed by atoms with Crippen molar-refractivity contribution >= 4 is 45.9 Å². The number of halogens is 2. The van der Waals surface area contributed by atoms with Crippen LogP contribution < -0.4 is 14.9 Å². The summed E-state index contributed by atoms with van der Waals surface area (Å²) in [5, 5.41) is 5.73. The van der Waals surface area contributed by atoms with Gasteiger partial charge < -0.3 is 29.2 Å². The minimum absolute atomic E-state index is 0.00523. The number of hydrogen-bond acceptors (Lipinski definition) is 7. The second-order valence-corrected chi connectivity index (χ2v) is 14.3. The molecule has 1 saturated heterocycles. The molecule has 1 aliphatic rings. The molecule has 1 aliphatic heterocycles. The molecule has 4 aromatic rings. The molecule has 1 aromatic heterocycles. The van der Waals surface area contributed by atoms with Crippen LogP contribution in [0.15, 0.2) is 65.1 Å². The van der Waals surface area contributed by atoms with Gasteiger partial charge in [0.2, 0.25) is 5.91 Å². The molecule has 13 heteroatoms. The van der Waals surface area contributed by atoms with Crippen LogP contribution >= 0.6 is 0 Å². The van der Waals surface area contributed by atoms with Gasteiger partial charge in [0.05, 0.1) is 29.7 Å². The summed E-state index contributed by atoms with van der Waals surface area (Å²) in [6.07, 6.45) is 1.90. The molecular weight excluding hydrogens is 654 g/mol. The van der Waals surface area contributed by atoms with Crippen molar-refractivity contribution < 1.29 is 36.9 Å². The van der Waals surface area contributed by atoms with Crippen LogP contribution in [0.2, 0.25) is 0 Å². The maximum atomic E-state index is 15.1. The van der Waals surface area contributed by atoms with Crippen molar-refractivity contribution in [3.63, 3.8) is 0 Å². The average molecular weight is 695 g/mol. The number of fused-ring (bicyclic) bond motifs is 1. The molecule has 0 aliphatic carbocycles. The third kappa shape index (κ3) is 7.83. The van der Waals surface area contributed by atoms with Crippen LogP contribution in [0.3, 0.4) is 0 Å². The Balaban J connectivity index is 1.57. The van der Waals surface area contributed by atoms with Crippen molar-refractivity contribution in [2.24, 2.45) is 0 Å². The second-order valence-electron chi connectivity index (χ2n) is 12.9. The van der Waals surface area contributed by atoms with Crippen LogP contribution in [0.1, 0.15) is 67.1 Å². The van der Waals surface area contributed by atoms with Gasteiger partial charge in [0.15, 0.2) is 0 Å². The summed E-state index contributed by atoms with van der Waals surface area (Å²) in [4.78, 5) is 41.9. The second kappa shape index (κ2) is 14.5. The molecule has 49 heavy (non-hydrogen) atoms. The Kier molecular flexibility index (Phi) is 10.5. The fraction of sp³-hybridized carbons (Fsp3) is 0.361. The van der Waals surface area contributed by atoms with E-state index >= 15 is 4.39 Å². The van der Waals surface area contributed by atoms with Gasteiger partial charge in [0.25, 0.3) is 5.91 Å². The predicted octanol–water partition coefficient (Wildman–Crippen LogP) is 6.44. The third-order valence-corrected chi connectivity index (χ3v) is 9.39. The number of carbonyl (C=O) groups excluding carboxylic acids is 3. The number of alkyl carbamates (subject to hydrolysis) is 1. The topological polar surface area (TPSA) is 127 Å². The van der Waals surface area contributed by atoms with Crippen molar-refractivity contribution in [3.8, 4) is 11.3 Å². The highest BCUT2D eigenvalue weighted by molar-refractivity contribution is 7.92. The highest BCUT2D eigenvalue weighted by Crippen LogP contribution is 2.42. The number of hydrogen-bond donors (Lipinski definition) is 2. The molecule has 2 N–H and O–H groups in total.